The minimum Gasteiger partial charge on any atom is -0.311 e. The third-order valence-electron chi connectivity index (χ3n) is 4.50. The maximum Gasteiger partial charge on any atom is 0.242 e. The number of carbonyl (C=O) groups excluding carboxylic acids is 1. The Morgan fingerprint density at radius 3 is 2.60 bits per heavy atom. The van der Waals surface area contributed by atoms with Crippen molar-refractivity contribution in [2.45, 2.75) is 38.5 Å². The van der Waals surface area contributed by atoms with Gasteiger partial charge in [0.1, 0.15) is 4.90 Å². The molecule has 1 aromatic carbocycles. The molecule has 1 heterocycles. The van der Waals surface area contributed by atoms with Crippen molar-refractivity contribution in [3.05, 3.63) is 22.2 Å². The Balaban J connectivity index is 2.18. The van der Waals surface area contributed by atoms with Crippen molar-refractivity contribution in [2.24, 2.45) is 0 Å². The fraction of sp³-hybridized carbons (Fsp3) is 0.588. The Kier molecular flexibility index (Phi) is 7.01. The fourth-order valence-electron chi connectivity index (χ4n) is 3.12. The summed E-state index contributed by atoms with van der Waals surface area (Å²) in [5, 5.41) is 0. The standard InChI is InChI=1S/C17H26BrN3O3S/c1-4-20(5-2)9-6-8-19-25(23,24)16-12-15(18)11-14-7-10-21(13(3)22)17(14)16/h11-12,19H,4-10H2,1-3H3. The van der Waals surface area contributed by atoms with Gasteiger partial charge >= 0.3 is 0 Å². The lowest BCUT2D eigenvalue weighted by molar-refractivity contribution is -0.116. The average Bonchev–Trinajstić information content (AvgIpc) is 2.98. The zero-order valence-corrected chi connectivity index (χ0v) is 17.4. The number of carbonyl (C=O) groups is 1. The molecule has 25 heavy (non-hydrogen) atoms. The molecule has 0 saturated heterocycles. The molecule has 0 unspecified atom stereocenters. The molecule has 1 aliphatic heterocycles. The predicted octanol–water partition coefficient (Wildman–Crippen LogP) is 2.37. The van der Waals surface area contributed by atoms with Crippen molar-refractivity contribution >= 4 is 37.5 Å². The lowest BCUT2D eigenvalue weighted by Gasteiger charge is -2.20. The molecule has 2 rings (SSSR count). The van der Waals surface area contributed by atoms with Gasteiger partial charge in [0.05, 0.1) is 5.69 Å². The van der Waals surface area contributed by atoms with E-state index in [1.54, 1.807) is 11.0 Å². The molecular formula is C17H26BrN3O3S. The lowest BCUT2D eigenvalue weighted by atomic mass is 10.2. The van der Waals surface area contributed by atoms with E-state index in [4.69, 9.17) is 0 Å². The summed E-state index contributed by atoms with van der Waals surface area (Å²) in [6.45, 7) is 9.30. The second-order valence-corrected chi connectivity index (χ2v) is 8.76. The highest BCUT2D eigenvalue weighted by atomic mass is 79.9. The predicted molar refractivity (Wildman–Crippen MR) is 103 cm³/mol. The van der Waals surface area contributed by atoms with Gasteiger partial charge in [0.25, 0.3) is 0 Å². The van der Waals surface area contributed by atoms with E-state index in [-0.39, 0.29) is 10.8 Å². The SMILES string of the molecule is CCN(CC)CCCNS(=O)(=O)c1cc(Br)cc2c1N(C(C)=O)CC2. The van der Waals surface area contributed by atoms with Crippen LogP contribution < -0.4 is 9.62 Å². The Labute approximate surface area is 158 Å². The lowest BCUT2D eigenvalue weighted by Crippen LogP contribution is -2.32. The Morgan fingerprint density at radius 1 is 1.32 bits per heavy atom. The summed E-state index contributed by atoms with van der Waals surface area (Å²) in [5.74, 6) is -0.140. The number of nitrogens with one attached hydrogen (secondary N) is 1. The van der Waals surface area contributed by atoms with Crippen molar-refractivity contribution in [3.63, 3.8) is 0 Å². The molecule has 0 aliphatic carbocycles. The summed E-state index contributed by atoms with van der Waals surface area (Å²) in [5.41, 5.74) is 1.40. The Morgan fingerprint density at radius 2 is 2.00 bits per heavy atom. The highest BCUT2D eigenvalue weighted by Crippen LogP contribution is 2.37. The van der Waals surface area contributed by atoms with Crippen molar-refractivity contribution in [1.29, 1.82) is 0 Å². The number of hydrogen-bond acceptors (Lipinski definition) is 4. The number of anilines is 1. The van der Waals surface area contributed by atoms with Crippen LogP contribution >= 0.6 is 15.9 Å². The molecular weight excluding hydrogens is 406 g/mol. The topological polar surface area (TPSA) is 69.7 Å². The van der Waals surface area contributed by atoms with E-state index in [0.717, 1.165) is 31.6 Å². The van der Waals surface area contributed by atoms with Gasteiger partial charge in [-0.2, -0.15) is 0 Å². The van der Waals surface area contributed by atoms with E-state index in [9.17, 15) is 13.2 Å². The molecule has 0 fully saturated rings. The van der Waals surface area contributed by atoms with Crippen LogP contribution in [0.25, 0.3) is 0 Å². The van der Waals surface area contributed by atoms with Gasteiger partial charge in [-0.1, -0.05) is 29.8 Å². The van der Waals surface area contributed by atoms with Gasteiger partial charge in [0.15, 0.2) is 0 Å². The van der Waals surface area contributed by atoms with Crippen LogP contribution in [0.4, 0.5) is 5.69 Å². The molecule has 1 aromatic rings. The van der Waals surface area contributed by atoms with Gasteiger partial charge in [-0.25, -0.2) is 13.1 Å². The van der Waals surface area contributed by atoms with Crippen molar-refractivity contribution in [2.75, 3.05) is 37.6 Å². The van der Waals surface area contributed by atoms with Gasteiger partial charge in [0.2, 0.25) is 15.9 Å². The Hall–Kier alpha value is -0.960. The van der Waals surface area contributed by atoms with Crippen LogP contribution in [0.15, 0.2) is 21.5 Å². The first-order valence-electron chi connectivity index (χ1n) is 8.62. The van der Waals surface area contributed by atoms with E-state index in [2.05, 4.69) is 39.4 Å². The molecule has 8 heteroatoms. The number of sulfonamides is 1. The van der Waals surface area contributed by atoms with Crippen LogP contribution in [0, 0.1) is 0 Å². The first kappa shape index (κ1) is 20.4. The zero-order valence-electron chi connectivity index (χ0n) is 15.0. The molecule has 1 aliphatic rings. The van der Waals surface area contributed by atoms with Crippen LogP contribution in [-0.2, 0) is 21.2 Å². The van der Waals surface area contributed by atoms with Crippen molar-refractivity contribution in [1.82, 2.24) is 9.62 Å². The fourth-order valence-corrected chi connectivity index (χ4v) is 5.12. The Bertz CT molecular complexity index is 733. The number of halogens is 1. The van der Waals surface area contributed by atoms with Gasteiger partial charge in [-0.15, -0.1) is 0 Å². The molecule has 0 spiro atoms. The molecule has 0 radical (unpaired) electrons. The third kappa shape index (κ3) is 4.81. The van der Waals surface area contributed by atoms with Crippen LogP contribution in [0.2, 0.25) is 0 Å². The number of rotatable bonds is 8. The maximum atomic E-state index is 12.8. The molecule has 1 N–H and O–H groups in total. The minimum atomic E-state index is -3.68. The van der Waals surface area contributed by atoms with Crippen LogP contribution in [0.3, 0.4) is 0 Å². The first-order valence-corrected chi connectivity index (χ1v) is 10.9. The third-order valence-corrected chi connectivity index (χ3v) is 6.43. The van der Waals surface area contributed by atoms with E-state index >= 15 is 0 Å². The normalized spacial score (nSPS) is 14.2. The van der Waals surface area contributed by atoms with Crippen LogP contribution in [-0.4, -0.2) is 51.9 Å². The second kappa shape index (κ2) is 8.62. The number of amides is 1. The summed E-state index contributed by atoms with van der Waals surface area (Å²) in [7, 11) is -3.68. The maximum absolute atomic E-state index is 12.8. The summed E-state index contributed by atoms with van der Waals surface area (Å²) < 4.78 is 29.0. The van der Waals surface area contributed by atoms with Crippen molar-refractivity contribution < 1.29 is 13.2 Å². The van der Waals surface area contributed by atoms with Gasteiger partial charge in [-0.3, -0.25) is 4.79 Å². The molecule has 1 amide bonds. The number of fused-ring (bicyclic) bond motifs is 1. The molecule has 0 saturated carbocycles. The molecule has 6 nitrogen and oxygen atoms in total. The summed E-state index contributed by atoms with van der Waals surface area (Å²) in [4.78, 5) is 15.8. The van der Waals surface area contributed by atoms with Gasteiger partial charge in [-0.05, 0) is 50.2 Å². The molecule has 0 atom stereocenters. The average molecular weight is 432 g/mol. The quantitative estimate of drug-likeness (QED) is 0.641. The minimum absolute atomic E-state index is 0.140. The monoisotopic (exact) mass is 431 g/mol. The summed E-state index contributed by atoms with van der Waals surface area (Å²) >= 11 is 3.38. The summed E-state index contributed by atoms with van der Waals surface area (Å²) in [6.07, 6.45) is 1.41. The highest BCUT2D eigenvalue weighted by molar-refractivity contribution is 9.10. The number of hydrogen-bond donors (Lipinski definition) is 1. The van der Waals surface area contributed by atoms with E-state index in [0.29, 0.717) is 29.7 Å². The van der Waals surface area contributed by atoms with E-state index in [1.807, 2.05) is 6.07 Å². The van der Waals surface area contributed by atoms with Crippen LogP contribution in [0.1, 0.15) is 32.8 Å². The zero-order chi connectivity index (χ0) is 18.6. The van der Waals surface area contributed by atoms with Crippen molar-refractivity contribution in [3.8, 4) is 0 Å². The smallest absolute Gasteiger partial charge is 0.242 e. The molecule has 0 aromatic heterocycles. The summed E-state index contributed by atoms with van der Waals surface area (Å²) in [6, 6.07) is 3.46. The molecule has 0 bridgehead atoms. The highest BCUT2D eigenvalue weighted by Gasteiger charge is 2.31. The van der Waals surface area contributed by atoms with Crippen LogP contribution in [0.5, 0.6) is 0 Å². The van der Waals surface area contributed by atoms with Gasteiger partial charge < -0.3 is 9.80 Å². The largest absolute Gasteiger partial charge is 0.311 e. The van der Waals surface area contributed by atoms with E-state index < -0.39 is 10.0 Å². The number of nitrogens with zero attached hydrogens (tertiary/aromatic N) is 2. The van der Waals surface area contributed by atoms with Gasteiger partial charge in [0, 0.05) is 24.5 Å². The second-order valence-electron chi connectivity index (χ2n) is 6.11. The van der Waals surface area contributed by atoms with E-state index in [1.165, 1.54) is 6.92 Å². The molecule has 140 valence electrons. The number of benzene rings is 1. The first-order chi connectivity index (χ1) is 11.8.